The van der Waals surface area contributed by atoms with Crippen LogP contribution >= 0.6 is 0 Å². The second kappa shape index (κ2) is 8.86. The van der Waals surface area contributed by atoms with E-state index in [1.54, 1.807) is 6.26 Å². The van der Waals surface area contributed by atoms with Crippen LogP contribution in [0.5, 0.6) is 0 Å². The average Bonchev–Trinajstić information content (AvgIpc) is 3.42. The number of benzene rings is 2. The second-order valence-electron chi connectivity index (χ2n) is 9.20. The maximum absolute atomic E-state index is 13.6. The van der Waals surface area contributed by atoms with E-state index < -0.39 is 0 Å². The van der Waals surface area contributed by atoms with Crippen LogP contribution in [0, 0.1) is 13.8 Å². The van der Waals surface area contributed by atoms with Crippen molar-refractivity contribution in [1.82, 2.24) is 14.4 Å². The summed E-state index contributed by atoms with van der Waals surface area (Å²) < 4.78 is 7.69. The van der Waals surface area contributed by atoms with Crippen LogP contribution in [0.25, 0.3) is 11.1 Å². The molecule has 2 aromatic carbocycles. The molecule has 3 heterocycles. The first-order valence-corrected chi connectivity index (χ1v) is 11.7. The summed E-state index contributed by atoms with van der Waals surface area (Å²) in [6.45, 7) is 8.08. The maximum Gasteiger partial charge on any atom is 0.270 e. The Kier molecular flexibility index (Phi) is 5.74. The minimum absolute atomic E-state index is 0.0259. The summed E-state index contributed by atoms with van der Waals surface area (Å²) >= 11 is 0. The van der Waals surface area contributed by atoms with Gasteiger partial charge >= 0.3 is 0 Å². The Bertz CT molecular complexity index is 1350. The van der Waals surface area contributed by atoms with Crippen LogP contribution in [0.2, 0.25) is 0 Å². The number of amides is 2. The molecule has 5 rings (SSSR count). The van der Waals surface area contributed by atoms with Crippen molar-refractivity contribution in [2.45, 2.75) is 33.4 Å². The van der Waals surface area contributed by atoms with E-state index in [-0.39, 0.29) is 17.9 Å². The first kappa shape index (κ1) is 22.0. The molecule has 6 heteroatoms. The molecule has 1 saturated heterocycles. The molecule has 2 amide bonds. The number of piperazine rings is 1. The molecule has 0 saturated carbocycles. The fourth-order valence-electron chi connectivity index (χ4n) is 4.76. The lowest BCUT2D eigenvalue weighted by atomic mass is 10.1. The normalized spacial score (nSPS) is 16.3. The van der Waals surface area contributed by atoms with Crippen molar-refractivity contribution in [3.8, 4) is 0 Å². The van der Waals surface area contributed by atoms with Gasteiger partial charge in [0, 0.05) is 36.6 Å². The average molecular weight is 456 g/mol. The fraction of sp³-hybridized carbons (Fsp3) is 0.286. The lowest BCUT2D eigenvalue weighted by molar-refractivity contribution is 0.0409. The number of aryl methyl sites for hydroxylation is 2. The third kappa shape index (κ3) is 4.00. The molecule has 4 aromatic rings. The summed E-state index contributed by atoms with van der Waals surface area (Å²) in [5.41, 5.74) is 5.31. The van der Waals surface area contributed by atoms with Gasteiger partial charge in [0.05, 0.1) is 12.8 Å². The number of hydrogen-bond donors (Lipinski definition) is 0. The number of hydrogen-bond acceptors (Lipinski definition) is 3. The zero-order valence-corrected chi connectivity index (χ0v) is 19.8. The van der Waals surface area contributed by atoms with Crippen molar-refractivity contribution < 1.29 is 14.0 Å². The highest BCUT2D eigenvalue weighted by molar-refractivity contribution is 5.99. The highest BCUT2D eigenvalue weighted by Crippen LogP contribution is 2.25. The molecule has 0 radical (unpaired) electrons. The van der Waals surface area contributed by atoms with Crippen molar-refractivity contribution in [3.63, 3.8) is 0 Å². The van der Waals surface area contributed by atoms with Gasteiger partial charge in [0.15, 0.2) is 0 Å². The molecular weight excluding hydrogens is 426 g/mol. The van der Waals surface area contributed by atoms with Crippen LogP contribution in [0.4, 0.5) is 0 Å². The van der Waals surface area contributed by atoms with E-state index in [0.29, 0.717) is 37.6 Å². The van der Waals surface area contributed by atoms with Crippen LogP contribution in [-0.4, -0.2) is 51.9 Å². The van der Waals surface area contributed by atoms with E-state index >= 15 is 0 Å². The minimum Gasteiger partial charge on any atom is -0.448 e. The molecule has 1 aliphatic rings. The van der Waals surface area contributed by atoms with Crippen LogP contribution in [0.3, 0.4) is 0 Å². The molecule has 1 atom stereocenters. The largest absolute Gasteiger partial charge is 0.448 e. The summed E-state index contributed by atoms with van der Waals surface area (Å²) in [6, 6.07) is 19.7. The molecule has 34 heavy (non-hydrogen) atoms. The van der Waals surface area contributed by atoms with E-state index in [4.69, 9.17) is 4.42 Å². The van der Waals surface area contributed by atoms with Crippen molar-refractivity contribution >= 4 is 22.9 Å². The van der Waals surface area contributed by atoms with Crippen LogP contribution in [0.1, 0.15) is 44.5 Å². The van der Waals surface area contributed by atoms with Gasteiger partial charge in [0.25, 0.3) is 11.8 Å². The zero-order valence-electron chi connectivity index (χ0n) is 19.8. The Morgan fingerprint density at radius 1 is 0.971 bits per heavy atom. The molecule has 0 N–H and O–H groups in total. The quantitative estimate of drug-likeness (QED) is 0.440. The van der Waals surface area contributed by atoms with Crippen molar-refractivity contribution in [1.29, 1.82) is 0 Å². The van der Waals surface area contributed by atoms with Gasteiger partial charge in [-0.2, -0.15) is 0 Å². The van der Waals surface area contributed by atoms with E-state index in [1.165, 1.54) is 5.56 Å². The van der Waals surface area contributed by atoms with Crippen LogP contribution in [-0.2, 0) is 6.54 Å². The minimum atomic E-state index is -0.0756. The highest BCUT2D eigenvalue weighted by Gasteiger charge is 2.32. The number of carbonyl (C=O) groups is 2. The third-order valence-electron chi connectivity index (χ3n) is 6.73. The summed E-state index contributed by atoms with van der Waals surface area (Å²) in [7, 11) is 0. The Balaban J connectivity index is 1.37. The van der Waals surface area contributed by atoms with Gasteiger partial charge in [-0.25, -0.2) is 0 Å². The molecule has 1 aliphatic heterocycles. The smallest absolute Gasteiger partial charge is 0.270 e. The summed E-state index contributed by atoms with van der Waals surface area (Å²) in [6.07, 6.45) is 1.66. The number of nitrogens with zero attached hydrogens (tertiary/aromatic N) is 3. The van der Waals surface area contributed by atoms with Gasteiger partial charge in [-0.1, -0.05) is 48.0 Å². The highest BCUT2D eigenvalue weighted by atomic mass is 16.3. The fourth-order valence-corrected chi connectivity index (χ4v) is 4.76. The topological polar surface area (TPSA) is 58.7 Å². The first-order valence-electron chi connectivity index (χ1n) is 11.7. The lowest BCUT2D eigenvalue weighted by Crippen LogP contribution is -2.55. The molecule has 0 spiro atoms. The Morgan fingerprint density at radius 3 is 2.47 bits per heavy atom. The van der Waals surface area contributed by atoms with Gasteiger partial charge in [-0.3, -0.25) is 9.59 Å². The summed E-state index contributed by atoms with van der Waals surface area (Å²) in [4.78, 5) is 30.5. The number of furan rings is 1. The van der Waals surface area contributed by atoms with Gasteiger partial charge in [0.2, 0.25) is 5.71 Å². The number of rotatable bonds is 4. The van der Waals surface area contributed by atoms with Crippen molar-refractivity contribution in [2.75, 3.05) is 19.6 Å². The molecule has 6 nitrogen and oxygen atoms in total. The van der Waals surface area contributed by atoms with Gasteiger partial charge in [-0.15, -0.1) is 0 Å². The van der Waals surface area contributed by atoms with Gasteiger partial charge in [0.1, 0.15) is 5.69 Å². The standard InChI is InChI=1S/C28H29N3O3/c1-19-8-10-22(11-9-19)18-31-25(16-23-12-15-34-28(23)31)27(33)29-13-14-30(21(3)17-29)26(32)24-7-5-4-6-20(24)2/h4-12,15-16,21H,13-14,17-18H2,1-3H3. The molecule has 1 fully saturated rings. The number of fused-ring (bicyclic) bond motifs is 1. The third-order valence-corrected chi connectivity index (χ3v) is 6.73. The summed E-state index contributed by atoms with van der Waals surface area (Å²) in [5.74, 6) is -0.00805. The van der Waals surface area contributed by atoms with Crippen molar-refractivity contribution in [3.05, 3.63) is 94.9 Å². The molecule has 0 aliphatic carbocycles. The Labute approximate surface area is 199 Å². The second-order valence-corrected chi connectivity index (χ2v) is 9.20. The Hall–Kier alpha value is -3.80. The first-order chi connectivity index (χ1) is 16.4. The lowest BCUT2D eigenvalue weighted by Gasteiger charge is -2.40. The van der Waals surface area contributed by atoms with E-state index in [1.807, 2.05) is 64.6 Å². The number of carbonyl (C=O) groups excluding carboxylic acids is 2. The predicted octanol–water partition coefficient (Wildman–Crippen LogP) is 4.89. The summed E-state index contributed by atoms with van der Waals surface area (Å²) in [5, 5.41) is 0.914. The van der Waals surface area contributed by atoms with E-state index in [9.17, 15) is 9.59 Å². The molecule has 0 bridgehead atoms. The van der Waals surface area contributed by atoms with Crippen molar-refractivity contribution in [2.24, 2.45) is 0 Å². The van der Waals surface area contributed by atoms with E-state index in [2.05, 4.69) is 31.2 Å². The number of aromatic nitrogens is 1. The molecular formula is C28H29N3O3. The SMILES string of the molecule is Cc1ccc(Cn2c(C(=O)N3CCN(C(=O)c4ccccc4C)C(C)C3)cc3ccoc32)cc1. The van der Waals surface area contributed by atoms with Crippen LogP contribution in [0.15, 0.2) is 71.3 Å². The van der Waals surface area contributed by atoms with E-state index in [0.717, 1.165) is 22.1 Å². The predicted molar refractivity (Wildman–Crippen MR) is 132 cm³/mol. The Morgan fingerprint density at radius 2 is 1.74 bits per heavy atom. The molecule has 174 valence electrons. The molecule has 2 aromatic heterocycles. The maximum atomic E-state index is 13.6. The van der Waals surface area contributed by atoms with Crippen LogP contribution < -0.4 is 0 Å². The monoisotopic (exact) mass is 455 g/mol. The molecule has 1 unspecified atom stereocenters. The van der Waals surface area contributed by atoms with Gasteiger partial charge < -0.3 is 18.8 Å². The van der Waals surface area contributed by atoms with Gasteiger partial charge in [-0.05, 0) is 50.1 Å². The zero-order chi connectivity index (χ0) is 23.8.